The Morgan fingerprint density at radius 1 is 1.44 bits per heavy atom. The summed E-state index contributed by atoms with van der Waals surface area (Å²) in [5, 5.41) is 4.60. The molecule has 0 N–H and O–H groups in total. The number of aromatic nitrogens is 4. The Morgan fingerprint density at radius 2 is 2.28 bits per heavy atom. The van der Waals surface area contributed by atoms with Crippen LogP contribution in [0.25, 0.3) is 5.69 Å². The molecule has 2 aromatic rings. The highest BCUT2D eigenvalue weighted by atomic mass is 16.5. The molecule has 1 fully saturated rings. The lowest BCUT2D eigenvalue weighted by atomic mass is 10.3. The molecule has 1 saturated carbocycles. The molecule has 0 spiro atoms. The lowest BCUT2D eigenvalue weighted by Crippen LogP contribution is -2.04. The Labute approximate surface area is 106 Å². The average Bonchev–Trinajstić information content (AvgIpc) is 3.12. The second-order valence-corrected chi connectivity index (χ2v) is 4.66. The first-order chi connectivity index (χ1) is 8.78. The third kappa shape index (κ3) is 2.13. The molecule has 0 amide bonds. The highest BCUT2D eigenvalue weighted by Gasteiger charge is 2.29. The van der Waals surface area contributed by atoms with Gasteiger partial charge in [-0.15, -0.1) is 0 Å². The van der Waals surface area contributed by atoms with E-state index in [1.807, 2.05) is 23.7 Å². The molecule has 18 heavy (non-hydrogen) atoms. The second kappa shape index (κ2) is 4.49. The number of hydrogen-bond donors (Lipinski definition) is 0. The quantitative estimate of drug-likeness (QED) is 0.825. The Bertz CT molecular complexity index is 560. The van der Waals surface area contributed by atoms with Crippen molar-refractivity contribution in [1.29, 1.82) is 0 Å². The minimum absolute atomic E-state index is 0.473. The van der Waals surface area contributed by atoms with Gasteiger partial charge in [0, 0.05) is 24.9 Å². The summed E-state index contributed by atoms with van der Waals surface area (Å²) in [6, 6.07) is 3.95. The van der Waals surface area contributed by atoms with Crippen molar-refractivity contribution in [2.75, 3.05) is 7.11 Å². The van der Waals surface area contributed by atoms with Gasteiger partial charge in [-0.05, 0) is 31.9 Å². The number of ether oxygens (including phenoxy) is 1. The number of aryl methyl sites for hydroxylation is 1. The number of rotatable bonds is 4. The van der Waals surface area contributed by atoms with Crippen molar-refractivity contribution in [3.8, 4) is 5.69 Å². The van der Waals surface area contributed by atoms with Crippen molar-refractivity contribution in [1.82, 2.24) is 19.7 Å². The van der Waals surface area contributed by atoms with E-state index in [0.717, 1.165) is 23.0 Å². The summed E-state index contributed by atoms with van der Waals surface area (Å²) in [7, 11) is 1.67. The van der Waals surface area contributed by atoms with Gasteiger partial charge in [0.1, 0.15) is 6.61 Å². The van der Waals surface area contributed by atoms with Crippen LogP contribution in [0, 0.1) is 6.92 Å². The fourth-order valence-electron chi connectivity index (χ4n) is 1.97. The molecule has 0 unspecified atom stereocenters. The SMILES string of the molecule is COCc1nc(C2CC2)nn1-c1ccnc(C)c1. The van der Waals surface area contributed by atoms with E-state index >= 15 is 0 Å². The van der Waals surface area contributed by atoms with E-state index in [9.17, 15) is 0 Å². The Kier molecular flexibility index (Phi) is 2.83. The van der Waals surface area contributed by atoms with Gasteiger partial charge in [0.2, 0.25) is 0 Å². The molecule has 0 bridgehead atoms. The highest BCUT2D eigenvalue weighted by Crippen LogP contribution is 2.38. The van der Waals surface area contributed by atoms with E-state index in [-0.39, 0.29) is 0 Å². The van der Waals surface area contributed by atoms with Crippen LogP contribution in [0.4, 0.5) is 0 Å². The molecule has 1 aliphatic carbocycles. The Hall–Kier alpha value is -1.75. The third-order valence-corrected chi connectivity index (χ3v) is 3.03. The first-order valence-electron chi connectivity index (χ1n) is 6.15. The third-order valence-electron chi connectivity index (χ3n) is 3.03. The first-order valence-corrected chi connectivity index (χ1v) is 6.15. The Morgan fingerprint density at radius 3 is 2.94 bits per heavy atom. The van der Waals surface area contributed by atoms with Crippen molar-refractivity contribution < 1.29 is 4.74 Å². The minimum Gasteiger partial charge on any atom is -0.377 e. The standard InChI is InChI=1S/C13H16N4O/c1-9-7-11(5-6-14-9)17-12(8-18-2)15-13(16-17)10-3-4-10/h5-7,10H,3-4,8H2,1-2H3. The van der Waals surface area contributed by atoms with Crippen LogP contribution in [-0.4, -0.2) is 26.9 Å². The molecule has 5 nitrogen and oxygen atoms in total. The van der Waals surface area contributed by atoms with Gasteiger partial charge in [0.15, 0.2) is 11.6 Å². The molecular formula is C13H16N4O. The van der Waals surface area contributed by atoms with Crippen molar-refractivity contribution in [3.05, 3.63) is 35.7 Å². The molecular weight excluding hydrogens is 228 g/mol. The molecule has 0 aromatic carbocycles. The lowest BCUT2D eigenvalue weighted by Gasteiger charge is -2.05. The van der Waals surface area contributed by atoms with Crippen LogP contribution >= 0.6 is 0 Å². The van der Waals surface area contributed by atoms with Crippen LogP contribution in [0.3, 0.4) is 0 Å². The second-order valence-electron chi connectivity index (χ2n) is 4.66. The maximum absolute atomic E-state index is 5.19. The van der Waals surface area contributed by atoms with Crippen LogP contribution < -0.4 is 0 Å². The molecule has 94 valence electrons. The number of nitrogens with zero attached hydrogens (tertiary/aromatic N) is 4. The van der Waals surface area contributed by atoms with Crippen LogP contribution in [-0.2, 0) is 11.3 Å². The summed E-state index contributed by atoms with van der Waals surface area (Å²) in [4.78, 5) is 8.78. The largest absolute Gasteiger partial charge is 0.377 e. The summed E-state index contributed by atoms with van der Waals surface area (Å²) in [5.74, 6) is 2.34. The van der Waals surface area contributed by atoms with E-state index in [1.54, 1.807) is 13.3 Å². The van der Waals surface area contributed by atoms with E-state index in [1.165, 1.54) is 12.8 Å². The van der Waals surface area contributed by atoms with Gasteiger partial charge in [0.25, 0.3) is 0 Å². The summed E-state index contributed by atoms with van der Waals surface area (Å²) in [5.41, 5.74) is 1.97. The smallest absolute Gasteiger partial charge is 0.158 e. The fraction of sp³-hybridized carbons (Fsp3) is 0.462. The molecule has 3 rings (SSSR count). The fourth-order valence-corrected chi connectivity index (χ4v) is 1.97. The lowest BCUT2D eigenvalue weighted by molar-refractivity contribution is 0.176. The average molecular weight is 244 g/mol. The molecule has 5 heteroatoms. The first kappa shape index (κ1) is 11.3. The maximum Gasteiger partial charge on any atom is 0.158 e. The molecule has 0 saturated heterocycles. The van der Waals surface area contributed by atoms with Gasteiger partial charge >= 0.3 is 0 Å². The van der Waals surface area contributed by atoms with Gasteiger partial charge in [-0.2, -0.15) is 5.10 Å². The monoisotopic (exact) mass is 244 g/mol. The van der Waals surface area contributed by atoms with Gasteiger partial charge in [-0.25, -0.2) is 9.67 Å². The topological polar surface area (TPSA) is 52.8 Å². The normalized spacial score (nSPS) is 15.0. The number of methoxy groups -OCH3 is 1. The van der Waals surface area contributed by atoms with Gasteiger partial charge in [0.05, 0.1) is 5.69 Å². The van der Waals surface area contributed by atoms with Gasteiger partial charge in [-0.1, -0.05) is 0 Å². The summed E-state index contributed by atoms with van der Waals surface area (Å²) >= 11 is 0. The van der Waals surface area contributed by atoms with Crippen molar-refractivity contribution in [3.63, 3.8) is 0 Å². The van der Waals surface area contributed by atoms with Crippen molar-refractivity contribution >= 4 is 0 Å². The maximum atomic E-state index is 5.19. The van der Waals surface area contributed by atoms with E-state index < -0.39 is 0 Å². The predicted molar refractivity (Wildman–Crippen MR) is 66.6 cm³/mol. The van der Waals surface area contributed by atoms with Crippen LogP contribution in [0.5, 0.6) is 0 Å². The van der Waals surface area contributed by atoms with Crippen LogP contribution in [0.2, 0.25) is 0 Å². The van der Waals surface area contributed by atoms with Gasteiger partial charge in [-0.3, -0.25) is 4.98 Å². The number of pyridine rings is 1. The van der Waals surface area contributed by atoms with Crippen LogP contribution in [0.15, 0.2) is 18.3 Å². The van der Waals surface area contributed by atoms with Crippen molar-refractivity contribution in [2.24, 2.45) is 0 Å². The van der Waals surface area contributed by atoms with Gasteiger partial charge < -0.3 is 4.74 Å². The summed E-state index contributed by atoms with van der Waals surface area (Å²) in [6.07, 6.45) is 4.19. The molecule has 1 aliphatic rings. The zero-order chi connectivity index (χ0) is 12.5. The summed E-state index contributed by atoms with van der Waals surface area (Å²) in [6.45, 7) is 2.44. The predicted octanol–water partition coefficient (Wildman–Crippen LogP) is 1.99. The zero-order valence-electron chi connectivity index (χ0n) is 10.6. The van der Waals surface area contributed by atoms with E-state index in [4.69, 9.17) is 4.74 Å². The highest BCUT2D eigenvalue weighted by molar-refractivity contribution is 5.32. The molecule has 2 heterocycles. The molecule has 0 aliphatic heterocycles. The zero-order valence-corrected chi connectivity index (χ0v) is 10.6. The van der Waals surface area contributed by atoms with E-state index in [2.05, 4.69) is 15.1 Å². The molecule has 0 atom stereocenters. The van der Waals surface area contributed by atoms with Crippen molar-refractivity contribution in [2.45, 2.75) is 32.3 Å². The molecule has 2 aromatic heterocycles. The Balaban J connectivity index is 2.03. The molecule has 0 radical (unpaired) electrons. The van der Waals surface area contributed by atoms with E-state index in [0.29, 0.717) is 12.5 Å². The minimum atomic E-state index is 0.473. The van der Waals surface area contributed by atoms with Crippen LogP contribution in [0.1, 0.15) is 36.1 Å². The number of hydrogen-bond acceptors (Lipinski definition) is 4. The summed E-state index contributed by atoms with van der Waals surface area (Å²) < 4.78 is 7.06.